The lowest BCUT2D eigenvalue weighted by atomic mass is 10.1. The molecular formula is C24H22Cl2F3N7O. The van der Waals surface area contributed by atoms with Crippen LogP contribution in [0.2, 0.25) is 10.0 Å². The van der Waals surface area contributed by atoms with Crippen molar-refractivity contribution in [3.05, 3.63) is 69.8 Å². The van der Waals surface area contributed by atoms with E-state index in [0.29, 0.717) is 44.9 Å². The molecule has 0 aliphatic carbocycles. The zero-order valence-corrected chi connectivity index (χ0v) is 20.8. The van der Waals surface area contributed by atoms with Crippen molar-refractivity contribution in [2.75, 3.05) is 41.8 Å². The molecule has 1 atom stereocenters. The lowest BCUT2D eigenvalue weighted by molar-refractivity contribution is -0.155. The van der Waals surface area contributed by atoms with Gasteiger partial charge < -0.3 is 25.8 Å². The van der Waals surface area contributed by atoms with Gasteiger partial charge in [-0.2, -0.15) is 18.2 Å². The second kappa shape index (κ2) is 10.2. The fourth-order valence-electron chi connectivity index (χ4n) is 4.24. The van der Waals surface area contributed by atoms with Crippen LogP contribution in [0.5, 0.6) is 0 Å². The van der Waals surface area contributed by atoms with Gasteiger partial charge in [0.1, 0.15) is 17.4 Å². The monoisotopic (exact) mass is 551 g/mol. The summed E-state index contributed by atoms with van der Waals surface area (Å²) in [4.78, 5) is 24.9. The van der Waals surface area contributed by atoms with E-state index in [2.05, 4.69) is 25.9 Å². The van der Waals surface area contributed by atoms with Crippen LogP contribution in [0, 0.1) is 0 Å². The summed E-state index contributed by atoms with van der Waals surface area (Å²) >= 11 is 12.5. The minimum Gasteiger partial charge on any atom is -0.368 e. The summed E-state index contributed by atoms with van der Waals surface area (Å²) in [6.07, 6.45) is -2.86. The molecule has 3 N–H and O–H groups in total. The largest absolute Gasteiger partial charge is 0.405 e. The molecule has 1 aromatic heterocycles. The average Bonchev–Trinajstić information content (AvgIpc) is 2.88. The van der Waals surface area contributed by atoms with Gasteiger partial charge in [0.25, 0.3) is 5.91 Å². The molecule has 3 heterocycles. The highest BCUT2D eigenvalue weighted by Gasteiger charge is 2.42. The Balaban J connectivity index is 1.25. The average molecular weight is 552 g/mol. The van der Waals surface area contributed by atoms with E-state index in [4.69, 9.17) is 23.2 Å². The van der Waals surface area contributed by atoms with E-state index in [-0.39, 0.29) is 38.2 Å². The van der Waals surface area contributed by atoms with E-state index < -0.39 is 12.2 Å². The Morgan fingerprint density at radius 1 is 1.11 bits per heavy atom. The number of nitrogens with one attached hydrogen (secondary N) is 3. The first-order valence-electron chi connectivity index (χ1n) is 11.4. The SMILES string of the molecule is O=C1c2cnc(Nc3ccc(N4CCNC(C(F)(F)F)C4)cc3)nc2NCN1Cc1c(Cl)cccc1Cl. The first-order chi connectivity index (χ1) is 17.7. The molecule has 2 aliphatic heterocycles. The van der Waals surface area contributed by atoms with Gasteiger partial charge >= 0.3 is 6.18 Å². The van der Waals surface area contributed by atoms with Crippen molar-refractivity contribution in [3.63, 3.8) is 0 Å². The zero-order chi connectivity index (χ0) is 26.2. The van der Waals surface area contributed by atoms with E-state index in [1.807, 2.05) is 0 Å². The quantitative estimate of drug-likeness (QED) is 0.416. The predicted molar refractivity (Wildman–Crippen MR) is 137 cm³/mol. The molecule has 0 saturated carbocycles. The van der Waals surface area contributed by atoms with E-state index in [0.717, 1.165) is 0 Å². The standard InChI is InChI=1S/C24H22Cl2F3N7O/c25-18-2-1-3-19(26)17(18)11-36-13-32-21-16(22(36)37)10-31-23(34-21)33-14-4-6-15(7-5-14)35-9-8-30-20(12-35)24(27,28)29/h1-7,10,20,30H,8-9,11-13H2,(H2,31,32,33,34). The fourth-order valence-corrected chi connectivity index (χ4v) is 4.75. The maximum atomic E-state index is 13.1. The van der Waals surface area contributed by atoms with E-state index >= 15 is 0 Å². The summed E-state index contributed by atoms with van der Waals surface area (Å²) in [7, 11) is 0. The maximum Gasteiger partial charge on any atom is 0.405 e. The second-order valence-corrected chi connectivity index (χ2v) is 9.47. The molecule has 1 fully saturated rings. The number of rotatable bonds is 5. The lowest BCUT2D eigenvalue weighted by Crippen LogP contribution is -2.57. The van der Waals surface area contributed by atoms with Gasteiger partial charge in [-0.3, -0.25) is 4.79 Å². The van der Waals surface area contributed by atoms with Gasteiger partial charge in [0.15, 0.2) is 0 Å². The molecule has 0 spiro atoms. The minimum atomic E-state index is -4.29. The number of hydrogen-bond acceptors (Lipinski definition) is 7. The molecule has 1 saturated heterocycles. The number of anilines is 4. The summed E-state index contributed by atoms with van der Waals surface area (Å²) in [5.74, 6) is 0.405. The lowest BCUT2D eigenvalue weighted by Gasteiger charge is -2.36. The van der Waals surface area contributed by atoms with E-state index in [9.17, 15) is 18.0 Å². The first kappa shape index (κ1) is 25.4. The number of carbonyl (C=O) groups excluding carboxylic acids is 1. The Morgan fingerprint density at radius 3 is 2.54 bits per heavy atom. The zero-order valence-electron chi connectivity index (χ0n) is 19.3. The summed E-state index contributed by atoms with van der Waals surface area (Å²) in [6.45, 7) is 1.02. The number of fused-ring (bicyclic) bond motifs is 1. The molecule has 37 heavy (non-hydrogen) atoms. The van der Waals surface area contributed by atoms with Gasteiger partial charge in [-0.25, -0.2) is 4.98 Å². The van der Waals surface area contributed by atoms with Crippen molar-refractivity contribution >= 4 is 52.3 Å². The number of halogens is 5. The van der Waals surface area contributed by atoms with Crippen LogP contribution in [-0.4, -0.2) is 59.3 Å². The van der Waals surface area contributed by atoms with Crippen LogP contribution in [-0.2, 0) is 6.54 Å². The van der Waals surface area contributed by atoms with Crippen LogP contribution >= 0.6 is 23.2 Å². The van der Waals surface area contributed by atoms with Crippen molar-refractivity contribution < 1.29 is 18.0 Å². The van der Waals surface area contributed by atoms with Crippen LogP contribution < -0.4 is 20.9 Å². The van der Waals surface area contributed by atoms with Gasteiger partial charge in [0.2, 0.25) is 5.95 Å². The van der Waals surface area contributed by atoms with Gasteiger partial charge in [-0.05, 0) is 36.4 Å². The van der Waals surface area contributed by atoms with Crippen LogP contribution in [0.1, 0.15) is 15.9 Å². The Kier molecular flexibility index (Phi) is 7.02. The minimum absolute atomic E-state index is 0.149. The number of benzene rings is 2. The van der Waals surface area contributed by atoms with Crippen molar-refractivity contribution in [3.8, 4) is 0 Å². The molecule has 194 valence electrons. The van der Waals surface area contributed by atoms with E-state index in [1.165, 1.54) is 6.20 Å². The summed E-state index contributed by atoms with van der Waals surface area (Å²) < 4.78 is 39.2. The van der Waals surface area contributed by atoms with Gasteiger partial charge in [-0.1, -0.05) is 29.3 Å². The summed E-state index contributed by atoms with van der Waals surface area (Å²) in [5.41, 5.74) is 2.32. The molecule has 5 rings (SSSR count). The van der Waals surface area contributed by atoms with Crippen molar-refractivity contribution in [1.82, 2.24) is 20.2 Å². The fraction of sp³-hybridized carbons (Fsp3) is 0.292. The van der Waals surface area contributed by atoms with Crippen LogP contribution in [0.15, 0.2) is 48.7 Å². The van der Waals surface area contributed by atoms with Crippen molar-refractivity contribution in [1.29, 1.82) is 0 Å². The predicted octanol–water partition coefficient (Wildman–Crippen LogP) is 4.89. The topological polar surface area (TPSA) is 85.4 Å². The van der Waals surface area contributed by atoms with Crippen LogP contribution in [0.4, 0.5) is 36.3 Å². The van der Waals surface area contributed by atoms with Crippen LogP contribution in [0.25, 0.3) is 0 Å². The molecule has 0 radical (unpaired) electrons. The third-order valence-electron chi connectivity index (χ3n) is 6.21. The summed E-state index contributed by atoms with van der Waals surface area (Å²) in [6, 6.07) is 10.6. The van der Waals surface area contributed by atoms with Gasteiger partial charge in [0, 0.05) is 52.8 Å². The maximum absolute atomic E-state index is 13.1. The Morgan fingerprint density at radius 2 is 1.84 bits per heavy atom. The van der Waals surface area contributed by atoms with Crippen LogP contribution in [0.3, 0.4) is 0 Å². The summed E-state index contributed by atoms with van der Waals surface area (Å²) in [5, 5.41) is 9.65. The Labute approximate surface area is 220 Å². The van der Waals surface area contributed by atoms with E-state index in [1.54, 1.807) is 52.3 Å². The number of nitrogens with zero attached hydrogens (tertiary/aromatic N) is 4. The number of aromatic nitrogens is 2. The third-order valence-corrected chi connectivity index (χ3v) is 6.92. The second-order valence-electron chi connectivity index (χ2n) is 8.66. The number of alkyl halides is 3. The van der Waals surface area contributed by atoms with Crippen molar-refractivity contribution in [2.24, 2.45) is 0 Å². The smallest absolute Gasteiger partial charge is 0.368 e. The normalized spacial score (nSPS) is 17.9. The molecule has 3 aromatic rings. The molecule has 1 unspecified atom stereocenters. The molecule has 2 aliphatic rings. The third kappa shape index (κ3) is 5.53. The highest BCUT2D eigenvalue weighted by molar-refractivity contribution is 6.36. The Bertz CT molecular complexity index is 1290. The molecule has 8 nitrogen and oxygen atoms in total. The molecular weight excluding hydrogens is 530 g/mol. The van der Waals surface area contributed by atoms with Gasteiger partial charge in [0.05, 0.1) is 13.2 Å². The molecule has 1 amide bonds. The number of amides is 1. The first-order valence-corrected chi connectivity index (χ1v) is 12.2. The molecule has 2 aromatic carbocycles. The number of hydrogen-bond donors (Lipinski definition) is 3. The molecule has 0 bridgehead atoms. The highest BCUT2D eigenvalue weighted by atomic mass is 35.5. The molecule has 13 heteroatoms. The number of piperazine rings is 1. The number of carbonyl (C=O) groups is 1. The van der Waals surface area contributed by atoms with Crippen molar-refractivity contribution in [2.45, 2.75) is 18.8 Å². The van der Waals surface area contributed by atoms with Gasteiger partial charge in [-0.15, -0.1) is 0 Å². The Hall–Kier alpha value is -3.28. The highest BCUT2D eigenvalue weighted by Crippen LogP contribution is 2.30.